The van der Waals surface area contributed by atoms with Gasteiger partial charge >= 0.3 is 0 Å². The zero-order chi connectivity index (χ0) is 19.0. The Bertz CT molecular complexity index is 672. The summed E-state index contributed by atoms with van der Waals surface area (Å²) in [6, 6.07) is 6.13. The molecular formula is C17H27N3O5S. The minimum Gasteiger partial charge on any atom is -0.497 e. The summed E-state index contributed by atoms with van der Waals surface area (Å²) < 4.78 is 36.9. The zero-order valence-corrected chi connectivity index (χ0v) is 16.1. The van der Waals surface area contributed by atoms with Crippen molar-refractivity contribution < 1.29 is 22.7 Å². The van der Waals surface area contributed by atoms with E-state index in [0.717, 1.165) is 19.6 Å². The average molecular weight is 385 g/mol. The van der Waals surface area contributed by atoms with Crippen LogP contribution in [0.5, 0.6) is 5.75 Å². The second-order valence-corrected chi connectivity index (χ2v) is 7.85. The molecule has 0 saturated carbocycles. The van der Waals surface area contributed by atoms with E-state index in [1.165, 1.54) is 23.5 Å². The highest BCUT2D eigenvalue weighted by Gasteiger charge is 2.25. The van der Waals surface area contributed by atoms with Crippen molar-refractivity contribution in [2.45, 2.75) is 11.8 Å². The summed E-state index contributed by atoms with van der Waals surface area (Å²) in [5.41, 5.74) is 0. The van der Waals surface area contributed by atoms with Gasteiger partial charge in [0, 0.05) is 32.7 Å². The summed E-state index contributed by atoms with van der Waals surface area (Å²) >= 11 is 0. The molecule has 8 nitrogen and oxygen atoms in total. The summed E-state index contributed by atoms with van der Waals surface area (Å²) in [5, 5.41) is 2.79. The number of likely N-dealkylation sites (N-methyl/N-ethyl adjacent to an activating group) is 1. The van der Waals surface area contributed by atoms with E-state index in [-0.39, 0.29) is 23.9 Å². The highest BCUT2D eigenvalue weighted by Crippen LogP contribution is 2.19. The lowest BCUT2D eigenvalue weighted by Gasteiger charge is -2.26. The van der Waals surface area contributed by atoms with Crippen LogP contribution in [0.4, 0.5) is 0 Å². The molecule has 0 atom stereocenters. The second-order valence-electron chi connectivity index (χ2n) is 5.91. The van der Waals surface area contributed by atoms with Crippen LogP contribution in [0.1, 0.15) is 6.92 Å². The number of carbonyl (C=O) groups excluding carboxylic acids is 1. The van der Waals surface area contributed by atoms with Crippen molar-refractivity contribution >= 4 is 15.9 Å². The van der Waals surface area contributed by atoms with Crippen LogP contribution < -0.4 is 10.1 Å². The van der Waals surface area contributed by atoms with Gasteiger partial charge in [-0.25, -0.2) is 8.42 Å². The molecular weight excluding hydrogens is 358 g/mol. The van der Waals surface area contributed by atoms with E-state index in [1.807, 2.05) is 0 Å². The molecule has 1 aromatic rings. The van der Waals surface area contributed by atoms with E-state index in [1.54, 1.807) is 19.1 Å². The van der Waals surface area contributed by atoms with Crippen LogP contribution in [0, 0.1) is 0 Å². The fourth-order valence-electron chi connectivity index (χ4n) is 2.66. The van der Waals surface area contributed by atoms with E-state index in [2.05, 4.69) is 10.2 Å². The maximum absolute atomic E-state index is 12.7. The third-order valence-electron chi connectivity index (χ3n) is 4.22. The normalized spacial score (nSPS) is 15.8. The van der Waals surface area contributed by atoms with Crippen molar-refractivity contribution in [3.05, 3.63) is 24.3 Å². The van der Waals surface area contributed by atoms with Crippen LogP contribution >= 0.6 is 0 Å². The molecule has 0 unspecified atom stereocenters. The first-order chi connectivity index (χ1) is 12.5. The number of morpholine rings is 1. The van der Waals surface area contributed by atoms with E-state index in [9.17, 15) is 13.2 Å². The number of sulfonamides is 1. The molecule has 0 radical (unpaired) electrons. The minimum atomic E-state index is -3.73. The van der Waals surface area contributed by atoms with Crippen molar-refractivity contribution in [2.24, 2.45) is 0 Å². The molecule has 1 heterocycles. The molecule has 0 aromatic heterocycles. The molecule has 0 spiro atoms. The Kier molecular flexibility index (Phi) is 7.83. The number of hydrogen-bond acceptors (Lipinski definition) is 6. The number of nitrogens with zero attached hydrogens (tertiary/aromatic N) is 2. The number of carbonyl (C=O) groups is 1. The predicted molar refractivity (Wildman–Crippen MR) is 97.7 cm³/mol. The van der Waals surface area contributed by atoms with Crippen LogP contribution in [0.2, 0.25) is 0 Å². The Labute approximate surface area is 155 Å². The van der Waals surface area contributed by atoms with Gasteiger partial charge in [0.2, 0.25) is 15.9 Å². The smallest absolute Gasteiger partial charge is 0.243 e. The quantitative estimate of drug-likeness (QED) is 0.651. The molecule has 1 N–H and O–H groups in total. The summed E-state index contributed by atoms with van der Waals surface area (Å²) in [4.78, 5) is 14.5. The molecule has 1 amide bonds. The highest BCUT2D eigenvalue weighted by atomic mass is 32.2. The monoisotopic (exact) mass is 385 g/mol. The molecule has 26 heavy (non-hydrogen) atoms. The van der Waals surface area contributed by atoms with Gasteiger partial charge < -0.3 is 14.8 Å². The first kappa shape index (κ1) is 20.6. The fourth-order valence-corrected chi connectivity index (χ4v) is 4.06. The van der Waals surface area contributed by atoms with E-state index < -0.39 is 10.0 Å². The van der Waals surface area contributed by atoms with Gasteiger partial charge in [0.15, 0.2) is 0 Å². The van der Waals surface area contributed by atoms with Gasteiger partial charge in [-0.15, -0.1) is 0 Å². The van der Waals surface area contributed by atoms with E-state index >= 15 is 0 Å². The van der Waals surface area contributed by atoms with Gasteiger partial charge in [-0.2, -0.15) is 4.31 Å². The van der Waals surface area contributed by atoms with E-state index in [0.29, 0.717) is 25.5 Å². The number of amides is 1. The third-order valence-corrected chi connectivity index (χ3v) is 6.16. The number of hydrogen-bond donors (Lipinski definition) is 1. The molecule has 0 aliphatic carbocycles. The predicted octanol–water partition coefficient (Wildman–Crippen LogP) is 0.154. The van der Waals surface area contributed by atoms with Gasteiger partial charge in [0.25, 0.3) is 0 Å². The first-order valence-corrected chi connectivity index (χ1v) is 10.1. The number of nitrogens with one attached hydrogen (secondary N) is 1. The zero-order valence-electron chi connectivity index (χ0n) is 15.3. The molecule has 0 bridgehead atoms. The Hall–Kier alpha value is -1.68. The largest absolute Gasteiger partial charge is 0.497 e. The maximum Gasteiger partial charge on any atom is 0.243 e. The number of methoxy groups -OCH3 is 1. The Morgan fingerprint density at radius 1 is 1.27 bits per heavy atom. The molecule has 9 heteroatoms. The number of rotatable bonds is 9. The van der Waals surface area contributed by atoms with E-state index in [4.69, 9.17) is 9.47 Å². The molecule has 1 saturated heterocycles. The Morgan fingerprint density at radius 2 is 1.92 bits per heavy atom. The van der Waals surface area contributed by atoms with Crippen LogP contribution in [-0.4, -0.2) is 83.1 Å². The van der Waals surface area contributed by atoms with Gasteiger partial charge in [-0.1, -0.05) is 6.92 Å². The Morgan fingerprint density at radius 3 is 2.50 bits per heavy atom. The van der Waals surface area contributed by atoms with Gasteiger partial charge in [-0.05, 0) is 24.3 Å². The van der Waals surface area contributed by atoms with Crippen molar-refractivity contribution in [3.63, 3.8) is 0 Å². The Balaban J connectivity index is 1.88. The summed E-state index contributed by atoms with van der Waals surface area (Å²) in [5.74, 6) is 0.269. The third kappa shape index (κ3) is 5.66. The van der Waals surface area contributed by atoms with Crippen molar-refractivity contribution in [1.29, 1.82) is 0 Å². The van der Waals surface area contributed by atoms with Gasteiger partial charge in [-0.3, -0.25) is 9.69 Å². The highest BCUT2D eigenvalue weighted by molar-refractivity contribution is 7.89. The SMILES string of the molecule is CCN(CC(=O)NCCN1CCOCC1)S(=O)(=O)c1ccc(OC)cc1. The summed E-state index contributed by atoms with van der Waals surface area (Å²) in [7, 11) is -2.21. The summed E-state index contributed by atoms with van der Waals surface area (Å²) in [6.07, 6.45) is 0. The second kappa shape index (κ2) is 9.86. The number of ether oxygens (including phenoxy) is 2. The molecule has 146 valence electrons. The van der Waals surface area contributed by atoms with Crippen LogP contribution in [-0.2, 0) is 19.6 Å². The lowest BCUT2D eigenvalue weighted by Crippen LogP contribution is -2.44. The standard InChI is InChI=1S/C17H27N3O5S/c1-3-20(26(22,23)16-6-4-15(24-2)5-7-16)14-17(21)18-8-9-19-10-12-25-13-11-19/h4-7H,3,8-14H2,1-2H3,(H,18,21). The maximum atomic E-state index is 12.7. The van der Waals surface area contributed by atoms with Crippen molar-refractivity contribution in [2.75, 3.05) is 59.6 Å². The fraction of sp³-hybridized carbons (Fsp3) is 0.588. The molecule has 1 fully saturated rings. The lowest BCUT2D eigenvalue weighted by molar-refractivity contribution is -0.121. The summed E-state index contributed by atoms with van der Waals surface area (Å²) in [6.45, 7) is 6.05. The minimum absolute atomic E-state index is 0.140. The van der Waals surface area contributed by atoms with Crippen molar-refractivity contribution in [3.8, 4) is 5.75 Å². The van der Waals surface area contributed by atoms with Crippen LogP contribution in [0.25, 0.3) is 0 Å². The first-order valence-electron chi connectivity index (χ1n) is 8.68. The van der Waals surface area contributed by atoms with Crippen LogP contribution in [0.15, 0.2) is 29.2 Å². The van der Waals surface area contributed by atoms with Crippen LogP contribution in [0.3, 0.4) is 0 Å². The number of benzene rings is 1. The molecule has 1 aliphatic rings. The topological polar surface area (TPSA) is 88.2 Å². The molecule has 1 aliphatic heterocycles. The van der Waals surface area contributed by atoms with Gasteiger partial charge in [0.1, 0.15) is 5.75 Å². The lowest BCUT2D eigenvalue weighted by atomic mass is 10.3. The van der Waals surface area contributed by atoms with Crippen molar-refractivity contribution in [1.82, 2.24) is 14.5 Å². The molecule has 2 rings (SSSR count). The van der Waals surface area contributed by atoms with Gasteiger partial charge in [0.05, 0.1) is 31.8 Å². The molecule has 1 aromatic carbocycles. The average Bonchev–Trinajstić information content (AvgIpc) is 2.66.